The molecule has 1 amide bonds. The Kier molecular flexibility index (Phi) is 4.63. The fourth-order valence-corrected chi connectivity index (χ4v) is 4.22. The number of halogens is 2. The van der Waals surface area contributed by atoms with Crippen LogP contribution < -0.4 is 10.7 Å². The number of benzene rings is 2. The lowest BCUT2D eigenvalue weighted by atomic mass is 10.1. The number of nitrogens with zero attached hydrogens (tertiary/aromatic N) is 2. The van der Waals surface area contributed by atoms with Crippen molar-refractivity contribution in [1.82, 2.24) is 9.55 Å². The first-order valence-corrected chi connectivity index (χ1v) is 9.73. The summed E-state index contributed by atoms with van der Waals surface area (Å²) in [4.78, 5) is 30.0. The van der Waals surface area contributed by atoms with Crippen molar-refractivity contribution in [3.63, 3.8) is 0 Å². The largest absolute Gasteiger partial charge is 0.347 e. The van der Waals surface area contributed by atoms with E-state index in [9.17, 15) is 9.59 Å². The Morgan fingerprint density at radius 1 is 1.19 bits per heavy atom. The van der Waals surface area contributed by atoms with Crippen LogP contribution >= 0.6 is 34.5 Å². The van der Waals surface area contributed by atoms with E-state index in [2.05, 4.69) is 10.3 Å². The number of carbonyl (C=O) groups excluding carboxylic acids is 1. The molecule has 0 aliphatic carbocycles. The average molecular weight is 418 g/mol. The van der Waals surface area contributed by atoms with Gasteiger partial charge >= 0.3 is 0 Å². The molecular formula is C19H13Cl2N3O2S. The fourth-order valence-electron chi connectivity index (χ4n) is 2.91. The maximum absolute atomic E-state index is 12.8. The Bertz CT molecular complexity index is 1260. The second kappa shape index (κ2) is 6.96. The van der Waals surface area contributed by atoms with Crippen molar-refractivity contribution in [3.8, 4) is 0 Å². The van der Waals surface area contributed by atoms with Gasteiger partial charge in [-0.05, 0) is 43.3 Å². The molecule has 0 spiro atoms. The molecule has 4 rings (SSSR count). The van der Waals surface area contributed by atoms with Crippen LogP contribution in [0, 0.1) is 0 Å². The lowest BCUT2D eigenvalue weighted by molar-refractivity contribution is 0.102. The number of thiazole rings is 1. The van der Waals surface area contributed by atoms with Gasteiger partial charge in [0.25, 0.3) is 5.91 Å². The van der Waals surface area contributed by atoms with Gasteiger partial charge < -0.3 is 4.57 Å². The number of aromatic nitrogens is 2. The minimum absolute atomic E-state index is 0.0453. The first-order valence-electron chi connectivity index (χ1n) is 8.16. The predicted octanol–water partition coefficient (Wildman–Crippen LogP) is 5.19. The van der Waals surface area contributed by atoms with Gasteiger partial charge in [0.05, 0.1) is 15.7 Å². The van der Waals surface area contributed by atoms with E-state index in [0.717, 1.165) is 15.7 Å². The van der Waals surface area contributed by atoms with Crippen molar-refractivity contribution in [2.75, 3.05) is 5.32 Å². The summed E-state index contributed by atoms with van der Waals surface area (Å²) in [5, 5.41) is 4.58. The van der Waals surface area contributed by atoms with Crippen molar-refractivity contribution in [3.05, 3.63) is 68.4 Å². The number of aryl methyl sites for hydroxylation is 1. The minimum Gasteiger partial charge on any atom is -0.347 e. The van der Waals surface area contributed by atoms with Gasteiger partial charge in [-0.15, -0.1) is 0 Å². The molecule has 1 N–H and O–H groups in total. The number of rotatable bonds is 3. The van der Waals surface area contributed by atoms with Gasteiger partial charge in [-0.25, -0.2) is 4.98 Å². The Morgan fingerprint density at radius 2 is 1.93 bits per heavy atom. The molecule has 0 aliphatic heterocycles. The van der Waals surface area contributed by atoms with Gasteiger partial charge in [0, 0.05) is 28.2 Å². The van der Waals surface area contributed by atoms with Crippen LogP contribution in [0.1, 0.15) is 17.3 Å². The van der Waals surface area contributed by atoms with Crippen LogP contribution in [0.5, 0.6) is 0 Å². The Labute approximate surface area is 168 Å². The smallest absolute Gasteiger partial charge is 0.262 e. The summed E-state index contributed by atoms with van der Waals surface area (Å²) in [6, 6.07) is 10.4. The SMILES string of the molecule is CCn1cc(C(=O)Nc2nc3ccc(Cl)cc3s2)c(=O)c2cc(Cl)ccc21. The predicted molar refractivity (Wildman–Crippen MR) is 111 cm³/mol. The number of pyridine rings is 1. The summed E-state index contributed by atoms with van der Waals surface area (Å²) in [5.74, 6) is -0.505. The molecule has 0 radical (unpaired) electrons. The van der Waals surface area contributed by atoms with Crippen LogP contribution in [0.2, 0.25) is 10.0 Å². The highest BCUT2D eigenvalue weighted by molar-refractivity contribution is 7.22. The molecule has 136 valence electrons. The minimum atomic E-state index is -0.505. The third-order valence-corrected chi connectivity index (χ3v) is 5.60. The molecule has 0 bridgehead atoms. The molecule has 2 heterocycles. The second-order valence-electron chi connectivity index (χ2n) is 5.90. The van der Waals surface area contributed by atoms with Gasteiger partial charge in [-0.2, -0.15) is 0 Å². The van der Waals surface area contributed by atoms with Crippen LogP contribution in [0.15, 0.2) is 47.4 Å². The van der Waals surface area contributed by atoms with E-state index < -0.39 is 5.91 Å². The van der Waals surface area contributed by atoms with Gasteiger partial charge in [0.1, 0.15) is 5.56 Å². The summed E-state index contributed by atoms with van der Waals surface area (Å²) in [6.45, 7) is 2.55. The lowest BCUT2D eigenvalue weighted by Crippen LogP contribution is -2.23. The van der Waals surface area contributed by atoms with E-state index in [1.54, 1.807) is 42.6 Å². The van der Waals surface area contributed by atoms with Crippen LogP contribution in [-0.2, 0) is 6.54 Å². The maximum atomic E-state index is 12.8. The van der Waals surface area contributed by atoms with Crippen LogP contribution in [0.3, 0.4) is 0 Å². The summed E-state index contributed by atoms with van der Waals surface area (Å²) < 4.78 is 2.70. The molecule has 4 aromatic rings. The van der Waals surface area contributed by atoms with E-state index in [-0.39, 0.29) is 11.0 Å². The van der Waals surface area contributed by atoms with Gasteiger partial charge in [-0.1, -0.05) is 34.5 Å². The topological polar surface area (TPSA) is 64.0 Å². The molecule has 2 aromatic carbocycles. The number of anilines is 1. The highest BCUT2D eigenvalue weighted by Crippen LogP contribution is 2.28. The van der Waals surface area contributed by atoms with Crippen LogP contribution in [0.25, 0.3) is 21.1 Å². The van der Waals surface area contributed by atoms with E-state index in [1.807, 2.05) is 11.5 Å². The lowest BCUT2D eigenvalue weighted by Gasteiger charge is -2.11. The number of hydrogen-bond donors (Lipinski definition) is 1. The maximum Gasteiger partial charge on any atom is 0.262 e. The fraction of sp³-hybridized carbons (Fsp3) is 0.105. The van der Waals surface area contributed by atoms with E-state index in [0.29, 0.717) is 27.1 Å². The third kappa shape index (κ3) is 3.32. The molecule has 0 atom stereocenters. The van der Waals surface area contributed by atoms with Crippen molar-refractivity contribution in [1.29, 1.82) is 0 Å². The number of amides is 1. The molecule has 0 fully saturated rings. The first kappa shape index (κ1) is 18.0. The summed E-state index contributed by atoms with van der Waals surface area (Å²) in [7, 11) is 0. The van der Waals surface area contributed by atoms with Crippen molar-refractivity contribution in [2.45, 2.75) is 13.5 Å². The van der Waals surface area contributed by atoms with Crippen LogP contribution in [-0.4, -0.2) is 15.5 Å². The number of hydrogen-bond acceptors (Lipinski definition) is 4. The molecule has 0 saturated carbocycles. The summed E-state index contributed by atoms with van der Waals surface area (Å²) in [5.41, 5.74) is 1.15. The molecule has 5 nitrogen and oxygen atoms in total. The standard InChI is InChI=1S/C19H13Cl2N3O2S/c1-2-24-9-13(17(25)12-7-10(20)4-6-15(12)24)18(26)23-19-22-14-5-3-11(21)8-16(14)27-19/h3-9H,2H2,1H3,(H,22,23,26). The molecule has 27 heavy (non-hydrogen) atoms. The van der Waals surface area contributed by atoms with E-state index in [4.69, 9.17) is 23.2 Å². The highest BCUT2D eigenvalue weighted by Gasteiger charge is 2.17. The number of carbonyl (C=O) groups is 1. The zero-order chi connectivity index (χ0) is 19.1. The Morgan fingerprint density at radius 3 is 2.70 bits per heavy atom. The summed E-state index contributed by atoms with van der Waals surface area (Å²) in [6.07, 6.45) is 1.57. The third-order valence-electron chi connectivity index (χ3n) is 4.20. The van der Waals surface area contributed by atoms with E-state index >= 15 is 0 Å². The Hall–Kier alpha value is -2.41. The molecular weight excluding hydrogens is 405 g/mol. The van der Waals surface area contributed by atoms with E-state index in [1.165, 1.54) is 11.3 Å². The zero-order valence-corrected chi connectivity index (χ0v) is 16.5. The number of fused-ring (bicyclic) bond motifs is 2. The van der Waals surface area contributed by atoms with Crippen LogP contribution in [0.4, 0.5) is 5.13 Å². The second-order valence-corrected chi connectivity index (χ2v) is 7.81. The monoisotopic (exact) mass is 417 g/mol. The Balaban J connectivity index is 1.77. The zero-order valence-electron chi connectivity index (χ0n) is 14.1. The van der Waals surface area contributed by atoms with Crippen molar-refractivity contribution < 1.29 is 4.79 Å². The van der Waals surface area contributed by atoms with Crippen molar-refractivity contribution >= 4 is 66.7 Å². The molecule has 0 unspecified atom stereocenters. The molecule has 2 aromatic heterocycles. The molecule has 8 heteroatoms. The van der Waals surface area contributed by atoms with Gasteiger partial charge in [0.2, 0.25) is 5.43 Å². The number of nitrogens with one attached hydrogen (secondary N) is 1. The van der Waals surface area contributed by atoms with Crippen molar-refractivity contribution in [2.24, 2.45) is 0 Å². The summed E-state index contributed by atoms with van der Waals surface area (Å²) >= 11 is 13.3. The van der Waals surface area contributed by atoms with Gasteiger partial charge in [-0.3, -0.25) is 14.9 Å². The van der Waals surface area contributed by atoms with Gasteiger partial charge in [0.15, 0.2) is 5.13 Å². The first-order chi connectivity index (χ1) is 13.0. The molecule has 0 saturated heterocycles. The molecule has 0 aliphatic rings. The normalized spacial score (nSPS) is 11.2. The average Bonchev–Trinajstić information content (AvgIpc) is 3.03. The quantitative estimate of drug-likeness (QED) is 0.498. The highest BCUT2D eigenvalue weighted by atomic mass is 35.5.